The smallest absolute Gasteiger partial charge is 0.243 e. The number of methoxy groups -OCH3 is 2. The summed E-state index contributed by atoms with van der Waals surface area (Å²) in [4.78, 5) is 52.5. The highest BCUT2D eigenvalue weighted by Gasteiger charge is 2.30. The molecule has 0 saturated heterocycles. The van der Waals surface area contributed by atoms with Crippen LogP contribution in [0.4, 0.5) is 0 Å². The minimum Gasteiger partial charge on any atom is -0.497 e. The van der Waals surface area contributed by atoms with Crippen molar-refractivity contribution in [1.82, 2.24) is 16.0 Å². The molecule has 0 aromatic heterocycles. The molecule has 0 aliphatic heterocycles. The zero-order valence-electron chi connectivity index (χ0n) is 26.6. The predicted octanol–water partition coefficient (Wildman–Crippen LogP) is 4.19. The van der Waals surface area contributed by atoms with Crippen LogP contribution in [0.2, 0.25) is 0 Å². The summed E-state index contributed by atoms with van der Waals surface area (Å²) in [6, 6.07) is 25.4. The lowest BCUT2D eigenvalue weighted by Gasteiger charge is -2.26. The molecule has 3 N–H and O–H groups in total. The van der Waals surface area contributed by atoms with Gasteiger partial charge in [-0.15, -0.1) is 0 Å². The maximum absolute atomic E-state index is 13.8. The van der Waals surface area contributed by atoms with Crippen molar-refractivity contribution in [3.05, 3.63) is 108 Å². The van der Waals surface area contributed by atoms with Crippen molar-refractivity contribution >= 4 is 34.8 Å². The Morgan fingerprint density at radius 3 is 1.87 bits per heavy atom. The Bertz CT molecular complexity index is 1630. The minimum absolute atomic E-state index is 0.0776. The number of hydrogen-bond donors (Lipinski definition) is 3. The highest BCUT2D eigenvalue weighted by Crippen LogP contribution is 2.19. The Labute approximate surface area is 269 Å². The Kier molecular flexibility index (Phi) is 11.9. The summed E-state index contributed by atoms with van der Waals surface area (Å²) in [5, 5.41) is 10.5. The van der Waals surface area contributed by atoms with Crippen LogP contribution in [-0.4, -0.2) is 56.4 Å². The van der Waals surface area contributed by atoms with Crippen LogP contribution in [-0.2, 0) is 38.4 Å². The zero-order valence-corrected chi connectivity index (χ0v) is 26.6. The fourth-order valence-corrected chi connectivity index (χ4v) is 5.28. The topological polar surface area (TPSA) is 123 Å². The summed E-state index contributed by atoms with van der Waals surface area (Å²) in [5.74, 6) is -0.263. The van der Waals surface area contributed by atoms with Gasteiger partial charge in [0.05, 0.1) is 26.7 Å². The predicted molar refractivity (Wildman–Crippen MR) is 178 cm³/mol. The second-order valence-corrected chi connectivity index (χ2v) is 11.5. The highest BCUT2D eigenvalue weighted by atomic mass is 16.5. The second-order valence-electron chi connectivity index (χ2n) is 11.5. The number of fused-ring (bicyclic) bond motifs is 1. The van der Waals surface area contributed by atoms with Gasteiger partial charge in [-0.05, 0) is 64.1 Å². The maximum atomic E-state index is 13.8. The van der Waals surface area contributed by atoms with E-state index in [-0.39, 0.29) is 31.1 Å². The monoisotopic (exact) mass is 623 g/mol. The van der Waals surface area contributed by atoms with E-state index in [1.807, 2.05) is 80.6 Å². The molecule has 1 unspecified atom stereocenters. The maximum Gasteiger partial charge on any atom is 0.243 e. The lowest BCUT2D eigenvalue weighted by Crippen LogP contribution is -2.57. The van der Waals surface area contributed by atoms with Crippen molar-refractivity contribution in [3.63, 3.8) is 0 Å². The molecule has 4 rings (SSSR count). The van der Waals surface area contributed by atoms with E-state index in [4.69, 9.17) is 9.47 Å². The van der Waals surface area contributed by atoms with Crippen LogP contribution in [0.5, 0.6) is 11.5 Å². The molecule has 0 fully saturated rings. The molecule has 0 saturated carbocycles. The van der Waals surface area contributed by atoms with Gasteiger partial charge < -0.3 is 30.2 Å². The summed E-state index contributed by atoms with van der Waals surface area (Å²) >= 11 is 0. The van der Waals surface area contributed by atoms with Crippen molar-refractivity contribution in [3.8, 4) is 11.5 Å². The van der Waals surface area contributed by atoms with Crippen LogP contribution < -0.4 is 25.4 Å². The van der Waals surface area contributed by atoms with Crippen molar-refractivity contribution in [2.75, 3.05) is 14.2 Å². The number of ether oxygens (including phenoxy) is 2. The van der Waals surface area contributed by atoms with Gasteiger partial charge in [0.2, 0.25) is 17.7 Å². The zero-order chi connectivity index (χ0) is 33.1. The molecule has 46 heavy (non-hydrogen) atoms. The molecule has 240 valence electrons. The number of rotatable bonds is 15. The van der Waals surface area contributed by atoms with Gasteiger partial charge in [0, 0.05) is 6.42 Å². The molecule has 9 nitrogen and oxygen atoms in total. The molecular formula is C37H41N3O6. The number of aldehydes is 1. The van der Waals surface area contributed by atoms with Crippen molar-refractivity contribution in [2.24, 2.45) is 5.92 Å². The van der Waals surface area contributed by atoms with Gasteiger partial charge in [-0.1, -0.05) is 80.6 Å². The molecule has 0 aliphatic carbocycles. The molecule has 0 aliphatic rings. The number of benzene rings is 4. The van der Waals surface area contributed by atoms with Crippen LogP contribution in [0, 0.1) is 5.92 Å². The molecule has 3 amide bonds. The third kappa shape index (κ3) is 9.17. The fraction of sp³-hybridized carbons (Fsp3) is 0.297. The largest absolute Gasteiger partial charge is 0.497 e. The molecule has 3 atom stereocenters. The van der Waals surface area contributed by atoms with Crippen LogP contribution >= 0.6 is 0 Å². The molecule has 0 spiro atoms. The second kappa shape index (κ2) is 16.2. The van der Waals surface area contributed by atoms with Crippen LogP contribution in [0.1, 0.15) is 30.5 Å². The van der Waals surface area contributed by atoms with E-state index in [0.717, 1.165) is 27.5 Å². The number of nitrogens with one attached hydrogen (secondary N) is 3. The summed E-state index contributed by atoms with van der Waals surface area (Å²) in [5.41, 5.74) is 2.49. The van der Waals surface area contributed by atoms with Gasteiger partial charge in [-0.25, -0.2) is 0 Å². The Morgan fingerprint density at radius 1 is 0.696 bits per heavy atom. The van der Waals surface area contributed by atoms with E-state index >= 15 is 0 Å². The molecule has 9 heteroatoms. The SMILES string of the molecule is COc1ccc(CC(C=O)NC(=O)[C@@H](NC(=O)[C@H](Cc2ccc(OC)cc2)NC(=O)Cc2cccc3ccccc23)C(C)C)cc1. The van der Waals surface area contributed by atoms with Gasteiger partial charge in [-0.2, -0.15) is 0 Å². The molecule has 0 radical (unpaired) electrons. The molecule has 0 heterocycles. The fourth-order valence-electron chi connectivity index (χ4n) is 5.28. The summed E-state index contributed by atoms with van der Waals surface area (Å²) in [6.45, 7) is 3.61. The molecule has 4 aromatic carbocycles. The van der Waals surface area contributed by atoms with Gasteiger partial charge in [-0.3, -0.25) is 14.4 Å². The normalized spacial score (nSPS) is 12.9. The number of carbonyl (C=O) groups is 4. The van der Waals surface area contributed by atoms with E-state index in [2.05, 4.69) is 16.0 Å². The third-order valence-electron chi connectivity index (χ3n) is 7.84. The van der Waals surface area contributed by atoms with Crippen LogP contribution in [0.25, 0.3) is 10.8 Å². The lowest BCUT2D eigenvalue weighted by atomic mass is 9.99. The summed E-state index contributed by atoms with van der Waals surface area (Å²) in [7, 11) is 3.14. The standard InChI is InChI=1S/C37H41N3O6/c1-24(2)35(37(44)38-29(23-41)20-25-12-16-30(45-3)17-13-25)40-36(43)33(21-26-14-18-31(46-4)19-15-26)39-34(42)22-28-10-7-9-27-8-5-6-11-32(27)28/h5-19,23-24,29,33,35H,20-22H2,1-4H3,(H,38,44)(H,39,42)(H,40,43)/t29?,33-,35-/m0/s1. The number of hydrogen-bond acceptors (Lipinski definition) is 6. The number of carbonyl (C=O) groups excluding carboxylic acids is 4. The van der Waals surface area contributed by atoms with Crippen molar-refractivity contribution in [1.29, 1.82) is 0 Å². The van der Waals surface area contributed by atoms with E-state index < -0.39 is 29.9 Å². The quantitative estimate of drug-likeness (QED) is 0.171. The first-order chi connectivity index (χ1) is 22.2. The first kappa shape index (κ1) is 33.7. The molecule has 0 bridgehead atoms. The number of amides is 3. The van der Waals surface area contributed by atoms with Crippen molar-refractivity contribution in [2.45, 2.75) is 51.2 Å². The van der Waals surface area contributed by atoms with E-state index in [1.165, 1.54) is 0 Å². The van der Waals surface area contributed by atoms with E-state index in [9.17, 15) is 19.2 Å². The summed E-state index contributed by atoms with van der Waals surface area (Å²) in [6.07, 6.45) is 1.23. The van der Waals surface area contributed by atoms with Crippen LogP contribution in [0.15, 0.2) is 91.0 Å². The molecular weight excluding hydrogens is 582 g/mol. The van der Waals surface area contributed by atoms with Gasteiger partial charge in [0.25, 0.3) is 0 Å². The minimum atomic E-state index is -0.967. The first-order valence-electron chi connectivity index (χ1n) is 15.3. The lowest BCUT2D eigenvalue weighted by molar-refractivity contribution is -0.133. The van der Waals surface area contributed by atoms with Gasteiger partial charge in [0.15, 0.2) is 0 Å². The van der Waals surface area contributed by atoms with Crippen LogP contribution in [0.3, 0.4) is 0 Å². The average molecular weight is 624 g/mol. The summed E-state index contributed by atoms with van der Waals surface area (Å²) < 4.78 is 10.4. The van der Waals surface area contributed by atoms with Crippen molar-refractivity contribution < 1.29 is 28.7 Å². The Morgan fingerprint density at radius 2 is 1.28 bits per heavy atom. The molecule has 4 aromatic rings. The van der Waals surface area contributed by atoms with Gasteiger partial charge in [0.1, 0.15) is 29.9 Å². The Hall–Kier alpha value is -5.18. The van der Waals surface area contributed by atoms with E-state index in [1.54, 1.807) is 38.5 Å². The Balaban J connectivity index is 1.49. The van der Waals surface area contributed by atoms with Gasteiger partial charge >= 0.3 is 0 Å². The average Bonchev–Trinajstić information content (AvgIpc) is 3.07. The first-order valence-corrected chi connectivity index (χ1v) is 15.3. The highest BCUT2D eigenvalue weighted by molar-refractivity contribution is 5.95. The van der Waals surface area contributed by atoms with E-state index in [0.29, 0.717) is 17.8 Å². The third-order valence-corrected chi connectivity index (χ3v) is 7.84.